The van der Waals surface area contributed by atoms with Crippen molar-refractivity contribution < 1.29 is 9.59 Å². The molecule has 122 valence electrons. The SMILES string of the molecule is CC(N)CCNC(=O)c1ccc(NC(=O)Nc2ccccc2)s1. The van der Waals surface area contributed by atoms with Crippen molar-refractivity contribution in [3.63, 3.8) is 0 Å². The quantitative estimate of drug-likeness (QED) is 0.655. The Hall–Kier alpha value is -2.38. The Kier molecular flexibility index (Phi) is 6.13. The van der Waals surface area contributed by atoms with Crippen LogP contribution in [-0.2, 0) is 0 Å². The summed E-state index contributed by atoms with van der Waals surface area (Å²) in [6, 6.07) is 12.2. The predicted octanol–water partition coefficient (Wildman–Crippen LogP) is 2.86. The van der Waals surface area contributed by atoms with Crippen LogP contribution in [-0.4, -0.2) is 24.5 Å². The Morgan fingerprint density at radius 2 is 1.87 bits per heavy atom. The zero-order valence-corrected chi connectivity index (χ0v) is 13.7. The van der Waals surface area contributed by atoms with E-state index in [2.05, 4.69) is 16.0 Å². The molecule has 1 unspecified atom stereocenters. The molecule has 0 spiro atoms. The van der Waals surface area contributed by atoms with Gasteiger partial charge < -0.3 is 16.4 Å². The van der Waals surface area contributed by atoms with Gasteiger partial charge in [0, 0.05) is 18.3 Å². The van der Waals surface area contributed by atoms with Gasteiger partial charge in [-0.15, -0.1) is 11.3 Å². The minimum Gasteiger partial charge on any atom is -0.351 e. The van der Waals surface area contributed by atoms with E-state index in [4.69, 9.17) is 5.73 Å². The molecule has 7 heteroatoms. The fourth-order valence-electron chi connectivity index (χ4n) is 1.82. The van der Waals surface area contributed by atoms with Gasteiger partial charge >= 0.3 is 6.03 Å². The maximum Gasteiger partial charge on any atom is 0.324 e. The molecule has 0 aliphatic rings. The summed E-state index contributed by atoms with van der Waals surface area (Å²) in [6.45, 7) is 2.43. The van der Waals surface area contributed by atoms with Gasteiger partial charge in [0.1, 0.15) is 0 Å². The number of rotatable bonds is 6. The largest absolute Gasteiger partial charge is 0.351 e. The van der Waals surface area contributed by atoms with Crippen LogP contribution in [0.15, 0.2) is 42.5 Å². The Labute approximate surface area is 139 Å². The maximum atomic E-state index is 11.9. The summed E-state index contributed by atoms with van der Waals surface area (Å²) in [7, 11) is 0. The molecule has 0 fully saturated rings. The molecule has 3 amide bonds. The lowest BCUT2D eigenvalue weighted by Gasteiger charge is -2.06. The van der Waals surface area contributed by atoms with Crippen molar-refractivity contribution in [1.82, 2.24) is 5.32 Å². The number of amides is 3. The van der Waals surface area contributed by atoms with Crippen LogP contribution < -0.4 is 21.7 Å². The number of anilines is 2. The van der Waals surface area contributed by atoms with Crippen molar-refractivity contribution in [3.8, 4) is 0 Å². The number of urea groups is 1. The fraction of sp³-hybridized carbons (Fsp3) is 0.250. The summed E-state index contributed by atoms with van der Waals surface area (Å²) in [5, 5.41) is 8.83. The van der Waals surface area contributed by atoms with Gasteiger partial charge in [-0.3, -0.25) is 10.1 Å². The number of benzene rings is 1. The molecule has 0 bridgehead atoms. The highest BCUT2D eigenvalue weighted by atomic mass is 32.1. The summed E-state index contributed by atoms with van der Waals surface area (Å²) < 4.78 is 0. The van der Waals surface area contributed by atoms with E-state index in [0.717, 1.165) is 6.42 Å². The molecule has 6 nitrogen and oxygen atoms in total. The second kappa shape index (κ2) is 8.30. The maximum absolute atomic E-state index is 11.9. The van der Waals surface area contributed by atoms with Gasteiger partial charge in [-0.1, -0.05) is 18.2 Å². The summed E-state index contributed by atoms with van der Waals surface area (Å²) in [5.41, 5.74) is 6.34. The third-order valence-electron chi connectivity index (χ3n) is 2.98. The molecule has 0 saturated carbocycles. The van der Waals surface area contributed by atoms with E-state index in [1.165, 1.54) is 11.3 Å². The molecule has 0 aliphatic carbocycles. The van der Waals surface area contributed by atoms with Crippen molar-refractivity contribution in [2.24, 2.45) is 5.73 Å². The number of hydrogen-bond acceptors (Lipinski definition) is 4. The zero-order chi connectivity index (χ0) is 16.7. The second-order valence-corrected chi connectivity index (χ2v) is 6.21. The van der Waals surface area contributed by atoms with E-state index in [1.54, 1.807) is 24.3 Å². The predicted molar refractivity (Wildman–Crippen MR) is 94.0 cm³/mol. The number of carbonyl (C=O) groups is 2. The Bertz CT molecular complexity index is 655. The second-order valence-electron chi connectivity index (χ2n) is 5.13. The topological polar surface area (TPSA) is 96.2 Å². The van der Waals surface area contributed by atoms with Crippen LogP contribution in [0, 0.1) is 0 Å². The average molecular weight is 332 g/mol. The molecular formula is C16H20N4O2S. The first-order chi connectivity index (χ1) is 11.0. The first-order valence-corrected chi connectivity index (χ1v) is 8.13. The standard InChI is InChI=1S/C16H20N4O2S/c1-11(17)9-10-18-15(21)13-7-8-14(23-13)20-16(22)19-12-5-3-2-4-6-12/h2-8,11H,9-10,17H2,1H3,(H,18,21)(H2,19,20,22). The summed E-state index contributed by atoms with van der Waals surface area (Å²) in [6.07, 6.45) is 0.724. The third kappa shape index (κ3) is 5.72. The number of nitrogens with one attached hydrogen (secondary N) is 3. The smallest absolute Gasteiger partial charge is 0.324 e. The monoisotopic (exact) mass is 332 g/mol. The number of para-hydroxylation sites is 1. The first-order valence-electron chi connectivity index (χ1n) is 7.31. The summed E-state index contributed by atoms with van der Waals surface area (Å²) >= 11 is 1.22. The normalized spacial score (nSPS) is 11.6. The van der Waals surface area contributed by atoms with Gasteiger partial charge in [0.2, 0.25) is 0 Å². The zero-order valence-electron chi connectivity index (χ0n) is 12.8. The van der Waals surface area contributed by atoms with Gasteiger partial charge in [0.15, 0.2) is 0 Å². The lowest BCUT2D eigenvalue weighted by Crippen LogP contribution is -2.28. The third-order valence-corrected chi connectivity index (χ3v) is 3.98. The fourth-order valence-corrected chi connectivity index (χ4v) is 2.64. The van der Waals surface area contributed by atoms with Crippen LogP contribution in [0.3, 0.4) is 0 Å². The lowest BCUT2D eigenvalue weighted by atomic mass is 10.2. The molecule has 1 aromatic carbocycles. The molecule has 0 aliphatic heterocycles. The molecule has 5 N–H and O–H groups in total. The van der Waals surface area contributed by atoms with Gasteiger partial charge in [0.25, 0.3) is 5.91 Å². The van der Waals surface area contributed by atoms with Crippen LogP contribution >= 0.6 is 11.3 Å². The Morgan fingerprint density at radius 3 is 2.57 bits per heavy atom. The number of hydrogen-bond donors (Lipinski definition) is 4. The lowest BCUT2D eigenvalue weighted by molar-refractivity contribution is 0.0957. The van der Waals surface area contributed by atoms with Gasteiger partial charge in [-0.05, 0) is 37.6 Å². The van der Waals surface area contributed by atoms with E-state index in [-0.39, 0.29) is 18.0 Å². The van der Waals surface area contributed by atoms with Crippen molar-refractivity contribution in [2.75, 3.05) is 17.2 Å². The molecule has 0 saturated heterocycles. The Balaban J connectivity index is 1.84. The van der Waals surface area contributed by atoms with E-state index in [1.807, 2.05) is 25.1 Å². The van der Waals surface area contributed by atoms with Gasteiger partial charge in [-0.2, -0.15) is 0 Å². The van der Waals surface area contributed by atoms with E-state index in [0.29, 0.717) is 22.1 Å². The highest BCUT2D eigenvalue weighted by molar-refractivity contribution is 7.18. The van der Waals surface area contributed by atoms with Crippen LogP contribution in [0.2, 0.25) is 0 Å². The van der Waals surface area contributed by atoms with Crippen molar-refractivity contribution in [2.45, 2.75) is 19.4 Å². The average Bonchev–Trinajstić information content (AvgIpc) is 2.96. The van der Waals surface area contributed by atoms with Crippen molar-refractivity contribution >= 4 is 34.0 Å². The minimum atomic E-state index is -0.345. The highest BCUT2D eigenvalue weighted by Gasteiger charge is 2.10. The van der Waals surface area contributed by atoms with Gasteiger partial charge in [-0.25, -0.2) is 4.79 Å². The number of thiophene rings is 1. The Morgan fingerprint density at radius 1 is 1.13 bits per heavy atom. The van der Waals surface area contributed by atoms with Crippen LogP contribution in [0.1, 0.15) is 23.0 Å². The number of nitrogens with two attached hydrogens (primary N) is 1. The summed E-state index contributed by atoms with van der Waals surface area (Å²) in [4.78, 5) is 24.4. The van der Waals surface area contributed by atoms with E-state index < -0.39 is 0 Å². The molecule has 2 aromatic rings. The molecule has 0 radical (unpaired) electrons. The molecular weight excluding hydrogens is 312 g/mol. The summed E-state index contributed by atoms with van der Waals surface area (Å²) in [5.74, 6) is -0.160. The molecule has 1 heterocycles. The molecule has 1 aromatic heterocycles. The highest BCUT2D eigenvalue weighted by Crippen LogP contribution is 2.22. The van der Waals surface area contributed by atoms with E-state index in [9.17, 15) is 9.59 Å². The first kappa shape index (κ1) is 17.0. The number of carbonyl (C=O) groups excluding carboxylic acids is 2. The van der Waals surface area contributed by atoms with Crippen molar-refractivity contribution in [1.29, 1.82) is 0 Å². The molecule has 1 atom stereocenters. The van der Waals surface area contributed by atoms with Crippen LogP contribution in [0.4, 0.5) is 15.5 Å². The molecule has 23 heavy (non-hydrogen) atoms. The molecule has 2 rings (SSSR count). The van der Waals surface area contributed by atoms with Crippen molar-refractivity contribution in [3.05, 3.63) is 47.3 Å². The van der Waals surface area contributed by atoms with E-state index >= 15 is 0 Å². The van der Waals surface area contributed by atoms with Crippen LogP contribution in [0.25, 0.3) is 0 Å². The van der Waals surface area contributed by atoms with Gasteiger partial charge in [0.05, 0.1) is 9.88 Å². The van der Waals surface area contributed by atoms with Crippen LogP contribution in [0.5, 0.6) is 0 Å². The minimum absolute atomic E-state index is 0.0533.